The Kier molecular flexibility index (Phi) is 5.46. The molecule has 130 valence electrons. The molecule has 25 heavy (non-hydrogen) atoms. The van der Waals surface area contributed by atoms with Gasteiger partial charge in [-0.1, -0.05) is 0 Å². The summed E-state index contributed by atoms with van der Waals surface area (Å²) in [6, 6.07) is 8.14. The molecule has 0 bridgehead atoms. The second-order valence-corrected chi connectivity index (χ2v) is 4.75. The zero-order chi connectivity index (χ0) is 18.4. The molecule has 0 aliphatic heterocycles. The van der Waals surface area contributed by atoms with Gasteiger partial charge in [-0.05, 0) is 25.1 Å². The largest absolute Gasteiger partial charge is 0.500 e. The number of nitrogens with zero attached hydrogens (tertiary/aromatic N) is 3. The maximum absolute atomic E-state index is 11.0. The molecule has 0 fully saturated rings. The van der Waals surface area contributed by atoms with Crippen LogP contribution in [0, 0.1) is 20.2 Å². The molecule has 0 heterocycles. The van der Waals surface area contributed by atoms with E-state index in [2.05, 4.69) is 10.5 Å². The van der Waals surface area contributed by atoms with Crippen LogP contribution >= 0.6 is 0 Å². The molecule has 10 heteroatoms. The molecule has 0 amide bonds. The summed E-state index contributed by atoms with van der Waals surface area (Å²) >= 11 is 0. The molecule has 0 radical (unpaired) electrons. The first-order valence-corrected chi connectivity index (χ1v) is 7.10. The standard InChI is InChI=1S/C15H14N4O6/c1-2-25-14-8-10(7-13(15(14)20)19(23)24)9-16-17-11-3-5-12(6-4-11)18(21)22/h3-9,17,20H,2H2,1H3/b16-9-. The minimum Gasteiger partial charge on any atom is -0.500 e. The molecule has 2 aromatic carbocycles. The van der Waals surface area contributed by atoms with Gasteiger partial charge in [0, 0.05) is 23.8 Å². The van der Waals surface area contributed by atoms with Crippen LogP contribution in [0.15, 0.2) is 41.5 Å². The van der Waals surface area contributed by atoms with Crippen LogP contribution in [0.5, 0.6) is 11.5 Å². The maximum Gasteiger partial charge on any atom is 0.315 e. The molecule has 2 aromatic rings. The van der Waals surface area contributed by atoms with Crippen LogP contribution < -0.4 is 10.2 Å². The number of nitro benzene ring substituents is 2. The van der Waals surface area contributed by atoms with Crippen molar-refractivity contribution in [2.75, 3.05) is 12.0 Å². The van der Waals surface area contributed by atoms with Gasteiger partial charge < -0.3 is 9.84 Å². The number of hydrazone groups is 1. The first-order chi connectivity index (χ1) is 11.9. The topological polar surface area (TPSA) is 140 Å². The minimum absolute atomic E-state index is 0.0199. The molecular formula is C15H14N4O6. The number of non-ortho nitro benzene ring substituents is 1. The highest BCUT2D eigenvalue weighted by Crippen LogP contribution is 2.36. The van der Waals surface area contributed by atoms with Crippen molar-refractivity contribution >= 4 is 23.3 Å². The van der Waals surface area contributed by atoms with Crippen molar-refractivity contribution in [3.05, 3.63) is 62.2 Å². The number of rotatable bonds is 7. The third-order valence-electron chi connectivity index (χ3n) is 3.06. The van der Waals surface area contributed by atoms with Crippen LogP contribution in [0.4, 0.5) is 17.1 Å². The fraction of sp³-hybridized carbons (Fsp3) is 0.133. The Morgan fingerprint density at radius 3 is 2.44 bits per heavy atom. The number of hydrogen-bond acceptors (Lipinski definition) is 8. The zero-order valence-corrected chi connectivity index (χ0v) is 13.1. The van der Waals surface area contributed by atoms with E-state index in [4.69, 9.17) is 4.74 Å². The lowest BCUT2D eigenvalue weighted by Gasteiger charge is -2.07. The number of nitro groups is 2. The lowest BCUT2D eigenvalue weighted by atomic mass is 10.2. The van der Waals surface area contributed by atoms with Crippen molar-refractivity contribution in [3.8, 4) is 11.5 Å². The normalized spacial score (nSPS) is 10.6. The SMILES string of the molecule is CCOc1cc(/C=N\Nc2ccc([N+](=O)[O-])cc2)cc([N+](=O)[O-])c1O. The maximum atomic E-state index is 11.0. The van der Waals surface area contributed by atoms with Gasteiger partial charge in [-0.15, -0.1) is 0 Å². The van der Waals surface area contributed by atoms with E-state index in [9.17, 15) is 25.3 Å². The summed E-state index contributed by atoms with van der Waals surface area (Å²) < 4.78 is 5.17. The smallest absolute Gasteiger partial charge is 0.315 e. The van der Waals surface area contributed by atoms with Crippen molar-refractivity contribution in [1.29, 1.82) is 0 Å². The van der Waals surface area contributed by atoms with Gasteiger partial charge in [-0.3, -0.25) is 25.7 Å². The molecule has 10 nitrogen and oxygen atoms in total. The molecular weight excluding hydrogens is 332 g/mol. The molecule has 0 spiro atoms. The highest BCUT2D eigenvalue weighted by atomic mass is 16.6. The average Bonchev–Trinajstić information content (AvgIpc) is 2.58. The van der Waals surface area contributed by atoms with Crippen LogP contribution in [0.3, 0.4) is 0 Å². The Morgan fingerprint density at radius 1 is 1.20 bits per heavy atom. The van der Waals surface area contributed by atoms with Gasteiger partial charge in [0.25, 0.3) is 5.69 Å². The van der Waals surface area contributed by atoms with E-state index in [-0.39, 0.29) is 18.0 Å². The Balaban J connectivity index is 2.19. The van der Waals surface area contributed by atoms with E-state index in [1.165, 1.54) is 36.5 Å². The summed E-state index contributed by atoms with van der Waals surface area (Å²) in [5, 5.41) is 35.3. The van der Waals surface area contributed by atoms with E-state index in [0.717, 1.165) is 6.07 Å². The Morgan fingerprint density at radius 2 is 1.88 bits per heavy atom. The van der Waals surface area contributed by atoms with Crippen molar-refractivity contribution < 1.29 is 19.7 Å². The van der Waals surface area contributed by atoms with Gasteiger partial charge in [0.1, 0.15) is 0 Å². The molecule has 0 unspecified atom stereocenters. The molecule has 0 aromatic heterocycles. The lowest BCUT2D eigenvalue weighted by molar-refractivity contribution is -0.386. The summed E-state index contributed by atoms with van der Waals surface area (Å²) in [6.07, 6.45) is 1.30. The van der Waals surface area contributed by atoms with Gasteiger partial charge >= 0.3 is 5.69 Å². The summed E-state index contributed by atoms with van der Waals surface area (Å²) in [6.45, 7) is 1.91. The summed E-state index contributed by atoms with van der Waals surface area (Å²) in [7, 11) is 0. The van der Waals surface area contributed by atoms with Crippen LogP contribution in [0.1, 0.15) is 12.5 Å². The number of nitrogens with one attached hydrogen (secondary N) is 1. The van der Waals surface area contributed by atoms with Crippen LogP contribution in [0.25, 0.3) is 0 Å². The molecule has 2 rings (SSSR count). The quantitative estimate of drug-likeness (QED) is 0.446. The minimum atomic E-state index is -0.723. The molecule has 0 aliphatic rings. The second-order valence-electron chi connectivity index (χ2n) is 4.75. The third kappa shape index (κ3) is 4.41. The number of phenolic OH excluding ortho intramolecular Hbond substituents is 1. The molecule has 0 aliphatic carbocycles. The molecule has 0 saturated carbocycles. The molecule has 0 saturated heterocycles. The monoisotopic (exact) mass is 346 g/mol. The number of hydrogen-bond donors (Lipinski definition) is 2. The number of phenols is 1. The summed E-state index contributed by atoms with van der Waals surface area (Å²) in [5.74, 6) is -0.569. The number of benzene rings is 2. The van der Waals surface area contributed by atoms with Gasteiger partial charge in [0.15, 0.2) is 5.75 Å². The zero-order valence-electron chi connectivity index (χ0n) is 13.1. The van der Waals surface area contributed by atoms with Crippen LogP contribution in [-0.2, 0) is 0 Å². The first-order valence-electron chi connectivity index (χ1n) is 7.10. The molecule has 0 atom stereocenters. The van der Waals surface area contributed by atoms with Crippen molar-refractivity contribution in [2.24, 2.45) is 5.10 Å². The van der Waals surface area contributed by atoms with E-state index in [1.54, 1.807) is 6.92 Å². The van der Waals surface area contributed by atoms with Crippen molar-refractivity contribution in [1.82, 2.24) is 0 Å². The van der Waals surface area contributed by atoms with Gasteiger partial charge in [-0.2, -0.15) is 5.10 Å². The second kappa shape index (κ2) is 7.73. The summed E-state index contributed by atoms with van der Waals surface area (Å²) in [4.78, 5) is 20.3. The highest BCUT2D eigenvalue weighted by molar-refractivity contribution is 5.83. The first kappa shape index (κ1) is 17.7. The van der Waals surface area contributed by atoms with Crippen LogP contribution in [-0.4, -0.2) is 27.8 Å². The average molecular weight is 346 g/mol. The summed E-state index contributed by atoms with van der Waals surface area (Å²) in [5.41, 5.74) is 2.94. The Labute approximate surface area is 141 Å². The molecule has 2 N–H and O–H groups in total. The van der Waals surface area contributed by atoms with Crippen LogP contribution in [0.2, 0.25) is 0 Å². The van der Waals surface area contributed by atoms with Gasteiger partial charge in [-0.25, -0.2) is 0 Å². The fourth-order valence-corrected chi connectivity index (χ4v) is 1.93. The van der Waals surface area contributed by atoms with Gasteiger partial charge in [0.05, 0.1) is 28.4 Å². The van der Waals surface area contributed by atoms with Crippen molar-refractivity contribution in [3.63, 3.8) is 0 Å². The Hall–Kier alpha value is -3.69. The third-order valence-corrected chi connectivity index (χ3v) is 3.06. The van der Waals surface area contributed by atoms with Crippen molar-refractivity contribution in [2.45, 2.75) is 6.92 Å². The van der Waals surface area contributed by atoms with E-state index in [0.29, 0.717) is 11.3 Å². The highest BCUT2D eigenvalue weighted by Gasteiger charge is 2.19. The predicted molar refractivity (Wildman–Crippen MR) is 90.2 cm³/mol. The fourth-order valence-electron chi connectivity index (χ4n) is 1.93. The van der Waals surface area contributed by atoms with Gasteiger partial charge in [0.2, 0.25) is 5.75 Å². The number of aromatic hydroxyl groups is 1. The lowest BCUT2D eigenvalue weighted by Crippen LogP contribution is -1.98. The van der Waals surface area contributed by atoms with E-state index in [1.807, 2.05) is 0 Å². The number of ether oxygens (including phenoxy) is 1. The van der Waals surface area contributed by atoms with E-state index < -0.39 is 21.3 Å². The predicted octanol–water partition coefficient (Wildman–Crippen LogP) is 3.05. The van der Waals surface area contributed by atoms with E-state index >= 15 is 0 Å². The number of anilines is 1. The Bertz CT molecular complexity index is 820.